The van der Waals surface area contributed by atoms with E-state index in [9.17, 15) is 0 Å². The topological polar surface area (TPSA) is 62.5 Å². The molecule has 0 atom stereocenters. The number of nitrogens with zero attached hydrogens (tertiary/aromatic N) is 3. The Labute approximate surface area is 139 Å². The molecule has 0 unspecified atom stereocenters. The first-order chi connectivity index (χ1) is 11.3. The average Bonchev–Trinajstić information content (AvgIpc) is 3.13. The molecule has 0 aliphatic heterocycles. The number of nitrogens with one attached hydrogen (secondary N) is 1. The molecule has 0 saturated carbocycles. The molecule has 5 nitrogen and oxygen atoms in total. The van der Waals surface area contributed by atoms with Crippen molar-refractivity contribution in [1.29, 1.82) is 0 Å². The van der Waals surface area contributed by atoms with Crippen LogP contribution in [0.3, 0.4) is 0 Å². The fourth-order valence-electron chi connectivity index (χ4n) is 3.47. The van der Waals surface area contributed by atoms with Crippen LogP contribution in [0.25, 0.3) is 10.2 Å². The van der Waals surface area contributed by atoms with E-state index in [1.54, 1.807) is 0 Å². The van der Waals surface area contributed by atoms with Gasteiger partial charge in [0.2, 0.25) is 23.3 Å². The molecule has 23 heavy (non-hydrogen) atoms. The molecule has 0 aromatic carbocycles. The third-order valence-corrected chi connectivity index (χ3v) is 5.90. The van der Waals surface area contributed by atoms with E-state index in [1.807, 2.05) is 36.4 Å². The molecule has 0 saturated heterocycles. The molecule has 3 aromatic heterocycles. The van der Waals surface area contributed by atoms with E-state index >= 15 is 0 Å². The fraction of sp³-hybridized carbons (Fsp3) is 0.471. The Hall–Kier alpha value is -1.95. The molecule has 0 spiro atoms. The quantitative estimate of drug-likeness (QED) is 0.569. The maximum Gasteiger partial charge on any atom is 0.241 e. The zero-order chi connectivity index (χ0) is 15.6. The number of thiophene rings is 1. The van der Waals surface area contributed by atoms with Gasteiger partial charge >= 0.3 is 0 Å². The number of aromatic amines is 1. The van der Waals surface area contributed by atoms with Crippen LogP contribution in [0.2, 0.25) is 0 Å². The summed E-state index contributed by atoms with van der Waals surface area (Å²) in [5.41, 5.74) is 7.99. The molecule has 0 radical (unpaired) electrons. The molecule has 0 bridgehead atoms. The highest BCUT2D eigenvalue weighted by Crippen LogP contribution is 2.36. The molecular weight excluding hydrogens is 306 g/mol. The van der Waals surface area contributed by atoms with E-state index in [4.69, 9.17) is 5.73 Å². The Kier molecular flexibility index (Phi) is 3.99. The molecule has 3 N–H and O–H groups in total. The number of aromatic nitrogens is 4. The Morgan fingerprint density at radius 1 is 1.22 bits per heavy atom. The van der Waals surface area contributed by atoms with Crippen molar-refractivity contribution in [2.45, 2.75) is 51.6 Å². The highest BCUT2D eigenvalue weighted by Gasteiger charge is 2.22. The van der Waals surface area contributed by atoms with Crippen LogP contribution in [0.4, 0.5) is 5.82 Å². The summed E-state index contributed by atoms with van der Waals surface area (Å²) in [6.07, 6.45) is 15.2. The standard InChI is InChI=1S/C17H21N5S/c18-16-15-13-5-2-1-3-6-14(13)23-17(15)20-12-22(16)9-4-8-21-10-7-19-11-21/h7,10-12,18H,1-6,8-9H2/p+2. The van der Waals surface area contributed by atoms with E-state index in [0.717, 1.165) is 36.6 Å². The first-order valence-electron chi connectivity index (χ1n) is 8.43. The van der Waals surface area contributed by atoms with Crippen molar-refractivity contribution < 1.29 is 9.13 Å². The SMILES string of the molecule is Nc1c2c3c(sc2nc[n+]1CCC[n+]1cc[nH]c1)CCCCC3. The van der Waals surface area contributed by atoms with Crippen LogP contribution in [0, 0.1) is 0 Å². The number of aryl methyl sites for hydroxylation is 4. The Morgan fingerprint density at radius 3 is 3.00 bits per heavy atom. The number of hydrogen-bond acceptors (Lipinski definition) is 3. The van der Waals surface area contributed by atoms with E-state index < -0.39 is 0 Å². The first kappa shape index (κ1) is 14.6. The van der Waals surface area contributed by atoms with Gasteiger partial charge in [-0.2, -0.15) is 0 Å². The van der Waals surface area contributed by atoms with Crippen molar-refractivity contribution in [2.24, 2.45) is 0 Å². The predicted octanol–water partition coefficient (Wildman–Crippen LogP) is 2.14. The second-order valence-corrected chi connectivity index (χ2v) is 7.35. The lowest BCUT2D eigenvalue weighted by atomic mass is 10.1. The lowest BCUT2D eigenvalue weighted by Gasteiger charge is -2.05. The molecular formula is C17H23N5S+2. The summed E-state index contributed by atoms with van der Waals surface area (Å²) in [5.74, 6) is 0.897. The maximum absolute atomic E-state index is 6.51. The molecule has 1 aliphatic rings. The van der Waals surface area contributed by atoms with Gasteiger partial charge in [-0.3, -0.25) is 4.98 Å². The molecule has 1 aliphatic carbocycles. The van der Waals surface area contributed by atoms with Crippen LogP contribution in [0.15, 0.2) is 25.0 Å². The summed E-state index contributed by atoms with van der Waals surface area (Å²) in [4.78, 5) is 10.4. The van der Waals surface area contributed by atoms with E-state index in [-0.39, 0.29) is 0 Å². The van der Waals surface area contributed by atoms with Crippen LogP contribution >= 0.6 is 11.3 Å². The van der Waals surface area contributed by atoms with Gasteiger partial charge in [-0.25, -0.2) is 9.13 Å². The Bertz CT molecular complexity index is 806. The normalized spacial score (nSPS) is 14.8. The van der Waals surface area contributed by atoms with Gasteiger partial charge in [0, 0.05) is 11.3 Å². The van der Waals surface area contributed by atoms with Crippen LogP contribution in [-0.4, -0.2) is 9.97 Å². The summed E-state index contributed by atoms with van der Waals surface area (Å²) in [6, 6.07) is 0. The second kappa shape index (κ2) is 6.28. The predicted molar refractivity (Wildman–Crippen MR) is 91.1 cm³/mol. The Balaban J connectivity index is 1.60. The number of H-pyrrole nitrogens is 1. The van der Waals surface area contributed by atoms with Gasteiger partial charge in [0.05, 0.1) is 13.1 Å². The highest BCUT2D eigenvalue weighted by atomic mass is 32.1. The van der Waals surface area contributed by atoms with Crippen molar-refractivity contribution >= 4 is 27.4 Å². The van der Waals surface area contributed by atoms with E-state index in [2.05, 4.69) is 19.1 Å². The van der Waals surface area contributed by atoms with Gasteiger partial charge in [-0.05, 0) is 31.2 Å². The lowest BCUT2D eigenvalue weighted by molar-refractivity contribution is -0.720. The zero-order valence-electron chi connectivity index (χ0n) is 13.3. The highest BCUT2D eigenvalue weighted by molar-refractivity contribution is 7.18. The smallest absolute Gasteiger partial charge is 0.241 e. The average molecular weight is 329 g/mol. The number of nitrogens with two attached hydrogens (primary N) is 1. The van der Waals surface area contributed by atoms with Gasteiger partial charge in [0.25, 0.3) is 0 Å². The van der Waals surface area contributed by atoms with Crippen LogP contribution < -0.4 is 14.9 Å². The number of fused-ring (bicyclic) bond motifs is 3. The molecule has 120 valence electrons. The third-order valence-electron chi connectivity index (χ3n) is 4.70. The minimum absolute atomic E-state index is 0.897. The number of nitrogen functional groups attached to an aromatic ring is 1. The summed E-state index contributed by atoms with van der Waals surface area (Å²) < 4.78 is 4.27. The number of anilines is 1. The minimum Gasteiger partial charge on any atom is -0.318 e. The van der Waals surface area contributed by atoms with Gasteiger partial charge < -0.3 is 5.73 Å². The maximum atomic E-state index is 6.51. The van der Waals surface area contributed by atoms with Crippen molar-refractivity contribution in [3.8, 4) is 0 Å². The third kappa shape index (κ3) is 2.83. The first-order valence-corrected chi connectivity index (χ1v) is 9.24. The summed E-state index contributed by atoms with van der Waals surface area (Å²) in [7, 11) is 0. The number of hydrogen-bond donors (Lipinski definition) is 2. The zero-order valence-corrected chi connectivity index (χ0v) is 14.1. The van der Waals surface area contributed by atoms with Crippen molar-refractivity contribution in [1.82, 2.24) is 9.97 Å². The molecule has 3 heterocycles. The van der Waals surface area contributed by atoms with Gasteiger partial charge in [-0.15, -0.1) is 11.3 Å². The summed E-state index contributed by atoms with van der Waals surface area (Å²) in [5, 5.41) is 1.23. The van der Waals surface area contributed by atoms with Crippen molar-refractivity contribution in [3.05, 3.63) is 35.5 Å². The minimum atomic E-state index is 0.897. The van der Waals surface area contributed by atoms with Crippen LogP contribution in [0.5, 0.6) is 0 Å². The van der Waals surface area contributed by atoms with Crippen LogP contribution in [0.1, 0.15) is 36.1 Å². The monoisotopic (exact) mass is 329 g/mol. The molecule has 0 fully saturated rings. The summed E-state index contributed by atoms with van der Waals surface area (Å²) >= 11 is 1.85. The van der Waals surface area contributed by atoms with Crippen LogP contribution in [-0.2, 0) is 25.9 Å². The molecule has 0 amide bonds. The number of imidazole rings is 1. The largest absolute Gasteiger partial charge is 0.318 e. The molecule has 3 aromatic rings. The second-order valence-electron chi connectivity index (χ2n) is 6.27. The van der Waals surface area contributed by atoms with Gasteiger partial charge in [0.1, 0.15) is 17.8 Å². The number of rotatable bonds is 4. The van der Waals surface area contributed by atoms with E-state index in [0.29, 0.717) is 0 Å². The van der Waals surface area contributed by atoms with Gasteiger partial charge in [-0.1, -0.05) is 11.4 Å². The summed E-state index contributed by atoms with van der Waals surface area (Å²) in [6.45, 7) is 1.88. The lowest BCUT2D eigenvalue weighted by Crippen LogP contribution is -2.40. The van der Waals surface area contributed by atoms with E-state index in [1.165, 1.54) is 41.5 Å². The molecule has 4 rings (SSSR count). The Morgan fingerprint density at radius 2 is 2.13 bits per heavy atom. The molecule has 6 heteroatoms. The van der Waals surface area contributed by atoms with Gasteiger partial charge in [0.15, 0.2) is 0 Å². The fourth-order valence-corrected chi connectivity index (χ4v) is 4.71. The van der Waals surface area contributed by atoms with Crippen molar-refractivity contribution in [3.63, 3.8) is 0 Å². The van der Waals surface area contributed by atoms with Crippen molar-refractivity contribution in [2.75, 3.05) is 5.73 Å².